The molecule has 1 saturated carbocycles. The van der Waals surface area contributed by atoms with Crippen molar-refractivity contribution in [3.8, 4) is 0 Å². The molecule has 2 aliphatic rings. The molecule has 4 heteroatoms. The van der Waals surface area contributed by atoms with E-state index in [1.54, 1.807) is 5.56 Å². The highest BCUT2D eigenvalue weighted by Crippen LogP contribution is 2.48. The van der Waals surface area contributed by atoms with Crippen LogP contribution in [-0.2, 0) is 0 Å². The van der Waals surface area contributed by atoms with Crippen LogP contribution in [0.4, 0.5) is 0 Å². The average Bonchev–Trinajstić information content (AvgIpc) is 3.47. The van der Waals surface area contributed by atoms with Crippen molar-refractivity contribution in [1.29, 1.82) is 0 Å². The molecule has 1 aliphatic carbocycles. The van der Waals surface area contributed by atoms with Crippen LogP contribution in [0.25, 0.3) is 21.5 Å². The standard InChI is InChI=1S/C22H24N2.2ClH/c1-3-7-19-17(5-1)15-18-6-2-4-8-20(18)21(19)22(16-9-10-16)24-13-11-23-12-14-24;;/h1-8,15-16,22-23H,9-14H2;2*1H/t22-;;/m0../s1. The molecule has 3 aromatic carbocycles. The summed E-state index contributed by atoms with van der Waals surface area (Å²) in [5.41, 5.74) is 1.58. The minimum Gasteiger partial charge on any atom is -0.314 e. The number of hydrogen-bond acceptors (Lipinski definition) is 2. The smallest absolute Gasteiger partial charge is 0.0389 e. The van der Waals surface area contributed by atoms with Crippen LogP contribution in [0.1, 0.15) is 24.4 Å². The zero-order valence-corrected chi connectivity index (χ0v) is 16.5. The van der Waals surface area contributed by atoms with Gasteiger partial charge in [-0.3, -0.25) is 4.90 Å². The van der Waals surface area contributed by atoms with Gasteiger partial charge in [-0.1, -0.05) is 48.5 Å². The van der Waals surface area contributed by atoms with Crippen molar-refractivity contribution >= 4 is 46.4 Å². The zero-order valence-electron chi connectivity index (χ0n) is 14.9. The van der Waals surface area contributed by atoms with Crippen LogP contribution in [0.15, 0.2) is 54.6 Å². The van der Waals surface area contributed by atoms with E-state index >= 15 is 0 Å². The Hall–Kier alpha value is -1.32. The second kappa shape index (κ2) is 8.14. The minimum absolute atomic E-state index is 0. The van der Waals surface area contributed by atoms with Gasteiger partial charge in [0.1, 0.15) is 0 Å². The third-order valence-corrected chi connectivity index (χ3v) is 5.72. The first-order chi connectivity index (χ1) is 11.9. The summed E-state index contributed by atoms with van der Waals surface area (Å²) in [6.45, 7) is 4.56. The molecule has 1 N–H and O–H groups in total. The van der Waals surface area contributed by atoms with Crippen molar-refractivity contribution in [1.82, 2.24) is 10.2 Å². The first-order valence-electron chi connectivity index (χ1n) is 9.27. The van der Waals surface area contributed by atoms with Gasteiger partial charge in [-0.25, -0.2) is 0 Å². The highest BCUT2D eigenvalue weighted by molar-refractivity contribution is 6.02. The van der Waals surface area contributed by atoms with Gasteiger partial charge >= 0.3 is 0 Å². The van der Waals surface area contributed by atoms with Gasteiger partial charge in [-0.15, -0.1) is 24.8 Å². The Morgan fingerprint density at radius 2 is 1.35 bits per heavy atom. The van der Waals surface area contributed by atoms with Gasteiger partial charge < -0.3 is 5.32 Å². The predicted octanol–water partition coefficient (Wildman–Crippen LogP) is 5.19. The number of halogens is 2. The van der Waals surface area contributed by atoms with E-state index in [0.29, 0.717) is 6.04 Å². The minimum atomic E-state index is 0. The lowest BCUT2D eigenvalue weighted by Crippen LogP contribution is -2.45. The van der Waals surface area contributed by atoms with E-state index < -0.39 is 0 Å². The molecule has 1 aliphatic heterocycles. The number of rotatable bonds is 3. The third-order valence-electron chi connectivity index (χ3n) is 5.72. The molecule has 1 heterocycles. The second-order valence-electron chi connectivity index (χ2n) is 7.30. The third kappa shape index (κ3) is 3.44. The fourth-order valence-electron chi connectivity index (χ4n) is 4.46. The molecule has 1 atom stereocenters. The predicted molar refractivity (Wildman–Crippen MR) is 116 cm³/mol. The average molecular weight is 389 g/mol. The molecule has 2 fully saturated rings. The van der Waals surface area contributed by atoms with Gasteiger partial charge in [0, 0.05) is 32.2 Å². The molecule has 3 aromatic rings. The second-order valence-corrected chi connectivity index (χ2v) is 7.30. The van der Waals surface area contributed by atoms with E-state index in [9.17, 15) is 0 Å². The number of benzene rings is 3. The van der Waals surface area contributed by atoms with Gasteiger partial charge in [0.15, 0.2) is 0 Å². The fourth-order valence-corrected chi connectivity index (χ4v) is 4.46. The largest absolute Gasteiger partial charge is 0.314 e. The summed E-state index contributed by atoms with van der Waals surface area (Å²) < 4.78 is 0. The summed E-state index contributed by atoms with van der Waals surface area (Å²) in [6.07, 6.45) is 2.76. The lowest BCUT2D eigenvalue weighted by atomic mass is 9.89. The van der Waals surface area contributed by atoms with Crippen LogP contribution < -0.4 is 5.32 Å². The zero-order chi connectivity index (χ0) is 15.9. The van der Waals surface area contributed by atoms with Gasteiger partial charge in [0.2, 0.25) is 0 Å². The van der Waals surface area contributed by atoms with Gasteiger partial charge in [-0.05, 0) is 51.9 Å². The van der Waals surface area contributed by atoms with Crippen molar-refractivity contribution in [3.63, 3.8) is 0 Å². The summed E-state index contributed by atoms with van der Waals surface area (Å²) in [5.74, 6) is 0.831. The molecule has 26 heavy (non-hydrogen) atoms. The summed E-state index contributed by atoms with van der Waals surface area (Å²) >= 11 is 0. The monoisotopic (exact) mass is 388 g/mol. The van der Waals surface area contributed by atoms with Crippen LogP contribution in [0.5, 0.6) is 0 Å². The van der Waals surface area contributed by atoms with Crippen LogP contribution in [0, 0.1) is 5.92 Å². The maximum atomic E-state index is 3.51. The first-order valence-corrected chi connectivity index (χ1v) is 9.27. The van der Waals surface area contributed by atoms with E-state index in [4.69, 9.17) is 0 Å². The van der Waals surface area contributed by atoms with Crippen molar-refractivity contribution in [3.05, 3.63) is 60.2 Å². The number of nitrogens with one attached hydrogen (secondary N) is 1. The molecule has 0 amide bonds. The quantitative estimate of drug-likeness (QED) is 0.620. The van der Waals surface area contributed by atoms with Crippen LogP contribution in [0.3, 0.4) is 0 Å². The van der Waals surface area contributed by atoms with E-state index in [1.807, 2.05) is 0 Å². The number of hydrogen-bond donors (Lipinski definition) is 1. The molecule has 0 unspecified atom stereocenters. The molecular weight excluding hydrogens is 363 g/mol. The molecule has 138 valence electrons. The van der Waals surface area contributed by atoms with Crippen molar-refractivity contribution < 1.29 is 0 Å². The normalized spacial score (nSPS) is 18.9. The summed E-state index contributed by atoms with van der Waals surface area (Å²) in [5, 5.41) is 9.18. The lowest BCUT2D eigenvalue weighted by molar-refractivity contribution is 0.158. The molecule has 0 spiro atoms. The Morgan fingerprint density at radius 1 is 0.808 bits per heavy atom. The van der Waals surface area contributed by atoms with Crippen LogP contribution >= 0.6 is 24.8 Å². The Morgan fingerprint density at radius 3 is 1.88 bits per heavy atom. The number of nitrogens with zero attached hydrogens (tertiary/aromatic N) is 1. The van der Waals surface area contributed by atoms with Crippen LogP contribution in [-0.4, -0.2) is 31.1 Å². The molecule has 0 aromatic heterocycles. The summed E-state index contributed by atoms with van der Waals surface area (Å²) in [4.78, 5) is 2.74. The SMILES string of the molecule is Cl.Cl.c1ccc2c([C@H](C3CC3)N3CCNCC3)c3ccccc3cc2c1. The highest BCUT2D eigenvalue weighted by atomic mass is 35.5. The Kier molecular flexibility index (Phi) is 6.09. The van der Waals surface area contributed by atoms with Crippen molar-refractivity contribution in [2.24, 2.45) is 5.92 Å². The molecule has 0 bridgehead atoms. The molecule has 0 radical (unpaired) electrons. The van der Waals surface area contributed by atoms with E-state index in [2.05, 4.69) is 64.8 Å². The van der Waals surface area contributed by atoms with Crippen LogP contribution in [0.2, 0.25) is 0 Å². The number of fused-ring (bicyclic) bond motifs is 2. The van der Waals surface area contributed by atoms with Gasteiger partial charge in [0.05, 0.1) is 0 Å². The Labute approximate surface area is 167 Å². The Balaban J connectivity index is 0.000000980. The number of piperazine rings is 1. The Bertz CT molecular complexity index is 832. The van der Waals surface area contributed by atoms with E-state index in [1.165, 1.54) is 47.5 Å². The molecule has 5 rings (SSSR count). The van der Waals surface area contributed by atoms with E-state index in [0.717, 1.165) is 19.0 Å². The summed E-state index contributed by atoms with van der Waals surface area (Å²) in [6, 6.07) is 20.8. The fraction of sp³-hybridized carbons (Fsp3) is 0.364. The topological polar surface area (TPSA) is 15.3 Å². The molecule has 2 nitrogen and oxygen atoms in total. The maximum absolute atomic E-state index is 3.51. The lowest BCUT2D eigenvalue weighted by Gasteiger charge is -2.36. The molecular formula is C22H26Cl2N2. The van der Waals surface area contributed by atoms with Crippen molar-refractivity contribution in [2.75, 3.05) is 26.2 Å². The molecule has 1 saturated heterocycles. The van der Waals surface area contributed by atoms with Gasteiger partial charge in [0.25, 0.3) is 0 Å². The van der Waals surface area contributed by atoms with Gasteiger partial charge in [-0.2, -0.15) is 0 Å². The van der Waals surface area contributed by atoms with E-state index in [-0.39, 0.29) is 24.8 Å². The first kappa shape index (κ1) is 19.4. The van der Waals surface area contributed by atoms with Crippen molar-refractivity contribution in [2.45, 2.75) is 18.9 Å². The highest BCUT2D eigenvalue weighted by Gasteiger charge is 2.38. The summed E-state index contributed by atoms with van der Waals surface area (Å²) in [7, 11) is 0. The maximum Gasteiger partial charge on any atom is 0.0389 e.